The molecule has 0 aliphatic rings. The molecular weight excluding hydrogens is 414 g/mol. The minimum Gasteiger partial charge on any atom is -0.464 e. The van der Waals surface area contributed by atoms with Gasteiger partial charge in [0.25, 0.3) is 5.56 Å². The number of amides is 1. The van der Waals surface area contributed by atoms with Crippen molar-refractivity contribution in [2.45, 2.75) is 13.5 Å². The average molecular weight is 429 g/mol. The number of nitrogens with one attached hydrogen (secondary N) is 1. The predicted octanol–water partition coefficient (Wildman–Crippen LogP) is 3.59. The molecule has 4 aromatic rings. The van der Waals surface area contributed by atoms with Gasteiger partial charge in [0.05, 0.1) is 24.6 Å². The number of carbonyl (C=O) groups is 2. The van der Waals surface area contributed by atoms with Gasteiger partial charge in [-0.15, -0.1) is 22.7 Å². The fourth-order valence-corrected chi connectivity index (χ4v) is 4.47. The number of anilines is 1. The average Bonchev–Trinajstić information content (AvgIpc) is 3.44. The van der Waals surface area contributed by atoms with Crippen molar-refractivity contribution < 1.29 is 18.7 Å². The molecule has 0 aromatic carbocycles. The first-order chi connectivity index (χ1) is 14.1. The summed E-state index contributed by atoms with van der Waals surface area (Å²) < 4.78 is 11.8. The van der Waals surface area contributed by atoms with Crippen LogP contribution < -0.4 is 10.9 Å². The van der Waals surface area contributed by atoms with E-state index in [1.807, 2.05) is 0 Å². The standard InChI is InChI=1S/C19H15N3O5S2/c1-2-26-19(25)15-12(13-4-3-6-27-13)9-29-17(15)21-14(23)8-22-10-20-16-11(18(22)24)5-7-28-16/h3-7,9-10H,2,8H2,1H3,(H,21,23). The van der Waals surface area contributed by atoms with Gasteiger partial charge in [-0.2, -0.15) is 0 Å². The third-order valence-corrected chi connectivity index (χ3v) is 5.79. The van der Waals surface area contributed by atoms with Gasteiger partial charge in [0.15, 0.2) is 0 Å². The van der Waals surface area contributed by atoms with Crippen LogP contribution in [-0.2, 0) is 16.1 Å². The Morgan fingerprint density at radius 2 is 2.17 bits per heavy atom. The summed E-state index contributed by atoms with van der Waals surface area (Å²) in [7, 11) is 0. The minimum absolute atomic E-state index is 0.196. The van der Waals surface area contributed by atoms with Crippen molar-refractivity contribution in [1.29, 1.82) is 0 Å². The Bertz CT molecular complexity index is 1240. The van der Waals surface area contributed by atoms with E-state index in [0.29, 0.717) is 26.5 Å². The Balaban J connectivity index is 1.61. The van der Waals surface area contributed by atoms with E-state index in [1.165, 1.54) is 39.8 Å². The van der Waals surface area contributed by atoms with Gasteiger partial charge in [0.2, 0.25) is 5.91 Å². The van der Waals surface area contributed by atoms with E-state index in [9.17, 15) is 14.4 Å². The van der Waals surface area contributed by atoms with Crippen LogP contribution in [0, 0.1) is 0 Å². The van der Waals surface area contributed by atoms with E-state index in [4.69, 9.17) is 9.15 Å². The molecule has 0 fully saturated rings. The number of hydrogen-bond acceptors (Lipinski definition) is 8. The van der Waals surface area contributed by atoms with Crippen LogP contribution in [0.4, 0.5) is 5.00 Å². The monoisotopic (exact) mass is 429 g/mol. The lowest BCUT2D eigenvalue weighted by Gasteiger charge is -2.09. The van der Waals surface area contributed by atoms with Crippen molar-refractivity contribution >= 4 is 49.8 Å². The largest absolute Gasteiger partial charge is 0.464 e. The Morgan fingerprint density at radius 3 is 2.93 bits per heavy atom. The molecule has 1 N–H and O–H groups in total. The lowest BCUT2D eigenvalue weighted by atomic mass is 10.1. The van der Waals surface area contributed by atoms with Crippen LogP contribution in [0.5, 0.6) is 0 Å². The number of ether oxygens (including phenoxy) is 1. The Labute approximate surface area is 172 Å². The normalized spacial score (nSPS) is 10.9. The summed E-state index contributed by atoms with van der Waals surface area (Å²) in [5, 5.41) is 6.99. The molecule has 0 saturated heterocycles. The number of hydrogen-bond donors (Lipinski definition) is 1. The van der Waals surface area contributed by atoms with Crippen LogP contribution in [0.3, 0.4) is 0 Å². The fourth-order valence-electron chi connectivity index (χ4n) is 2.80. The second-order valence-corrected chi connectivity index (χ2v) is 7.69. The zero-order valence-corrected chi connectivity index (χ0v) is 16.8. The first-order valence-electron chi connectivity index (χ1n) is 8.63. The molecule has 0 radical (unpaired) electrons. The lowest BCUT2D eigenvalue weighted by molar-refractivity contribution is -0.116. The van der Waals surface area contributed by atoms with E-state index in [-0.39, 0.29) is 24.3 Å². The highest BCUT2D eigenvalue weighted by atomic mass is 32.1. The van der Waals surface area contributed by atoms with Gasteiger partial charge in [0.1, 0.15) is 27.7 Å². The van der Waals surface area contributed by atoms with Crippen molar-refractivity contribution in [3.63, 3.8) is 0 Å². The Hall–Kier alpha value is -3.24. The van der Waals surface area contributed by atoms with E-state index in [1.54, 1.807) is 35.9 Å². The number of nitrogens with zero attached hydrogens (tertiary/aromatic N) is 2. The molecule has 10 heteroatoms. The summed E-state index contributed by atoms with van der Waals surface area (Å²) in [6.45, 7) is 1.67. The first-order valence-corrected chi connectivity index (χ1v) is 10.4. The molecule has 29 heavy (non-hydrogen) atoms. The molecule has 0 saturated carbocycles. The number of esters is 1. The Kier molecular flexibility index (Phi) is 5.28. The van der Waals surface area contributed by atoms with Gasteiger partial charge in [-0.05, 0) is 30.5 Å². The molecule has 0 aliphatic heterocycles. The number of fused-ring (bicyclic) bond motifs is 1. The smallest absolute Gasteiger partial charge is 0.341 e. The van der Waals surface area contributed by atoms with Crippen LogP contribution in [0.2, 0.25) is 0 Å². The van der Waals surface area contributed by atoms with Crippen molar-refractivity contribution in [1.82, 2.24) is 9.55 Å². The lowest BCUT2D eigenvalue weighted by Crippen LogP contribution is -2.27. The van der Waals surface area contributed by atoms with Crippen molar-refractivity contribution in [2.24, 2.45) is 0 Å². The van der Waals surface area contributed by atoms with Crippen LogP contribution in [-0.4, -0.2) is 28.0 Å². The highest BCUT2D eigenvalue weighted by Crippen LogP contribution is 2.36. The minimum atomic E-state index is -0.561. The molecule has 8 nitrogen and oxygen atoms in total. The number of aromatic nitrogens is 2. The second-order valence-electron chi connectivity index (χ2n) is 5.92. The third kappa shape index (κ3) is 3.71. The first kappa shape index (κ1) is 19.1. The maximum Gasteiger partial charge on any atom is 0.341 e. The van der Waals surface area contributed by atoms with Crippen LogP contribution >= 0.6 is 22.7 Å². The molecule has 0 aliphatic carbocycles. The van der Waals surface area contributed by atoms with E-state index >= 15 is 0 Å². The van der Waals surface area contributed by atoms with Crippen LogP contribution in [0.15, 0.2) is 50.8 Å². The van der Waals surface area contributed by atoms with Crippen LogP contribution in [0.25, 0.3) is 21.5 Å². The summed E-state index contributed by atoms with van der Waals surface area (Å²) in [4.78, 5) is 42.3. The maximum absolute atomic E-state index is 12.6. The van der Waals surface area contributed by atoms with E-state index < -0.39 is 11.9 Å². The molecule has 4 aromatic heterocycles. The molecule has 148 valence electrons. The molecule has 0 bridgehead atoms. The number of thiophene rings is 2. The highest BCUT2D eigenvalue weighted by Gasteiger charge is 2.24. The molecule has 1 amide bonds. The van der Waals surface area contributed by atoms with Gasteiger partial charge in [0, 0.05) is 10.9 Å². The zero-order chi connectivity index (χ0) is 20.4. The summed E-state index contributed by atoms with van der Waals surface area (Å²) in [6, 6.07) is 5.11. The van der Waals surface area contributed by atoms with E-state index in [0.717, 1.165) is 0 Å². The van der Waals surface area contributed by atoms with Gasteiger partial charge < -0.3 is 14.5 Å². The quantitative estimate of drug-likeness (QED) is 0.470. The number of rotatable bonds is 6. The van der Waals surface area contributed by atoms with Crippen LogP contribution in [0.1, 0.15) is 17.3 Å². The highest BCUT2D eigenvalue weighted by molar-refractivity contribution is 7.16. The van der Waals surface area contributed by atoms with Gasteiger partial charge in [-0.3, -0.25) is 14.2 Å². The van der Waals surface area contributed by atoms with E-state index in [2.05, 4.69) is 10.3 Å². The summed E-state index contributed by atoms with van der Waals surface area (Å²) >= 11 is 2.54. The summed E-state index contributed by atoms with van der Waals surface area (Å²) in [5.41, 5.74) is 0.464. The zero-order valence-electron chi connectivity index (χ0n) is 15.2. The number of furan rings is 1. The predicted molar refractivity (Wildman–Crippen MR) is 110 cm³/mol. The molecule has 0 unspecified atom stereocenters. The Morgan fingerprint density at radius 1 is 1.31 bits per heavy atom. The molecule has 4 rings (SSSR count). The summed E-state index contributed by atoms with van der Waals surface area (Å²) in [6.07, 6.45) is 2.84. The number of carbonyl (C=O) groups excluding carboxylic acids is 2. The molecular formula is C19H15N3O5S2. The SMILES string of the molecule is CCOC(=O)c1c(-c2ccco2)csc1NC(=O)Cn1cnc2sccc2c1=O. The van der Waals surface area contributed by atoms with Crippen molar-refractivity contribution in [3.05, 3.63) is 57.5 Å². The maximum atomic E-state index is 12.6. The topological polar surface area (TPSA) is 103 Å². The fraction of sp³-hybridized carbons (Fsp3) is 0.158. The van der Waals surface area contributed by atoms with Gasteiger partial charge in [-0.25, -0.2) is 9.78 Å². The van der Waals surface area contributed by atoms with Crippen molar-refractivity contribution in [3.8, 4) is 11.3 Å². The molecule has 4 heterocycles. The molecule has 0 spiro atoms. The van der Waals surface area contributed by atoms with Gasteiger partial charge in [-0.1, -0.05) is 0 Å². The van der Waals surface area contributed by atoms with Gasteiger partial charge >= 0.3 is 5.97 Å². The second kappa shape index (κ2) is 8.02. The van der Waals surface area contributed by atoms with Crippen molar-refractivity contribution in [2.75, 3.05) is 11.9 Å². The molecule has 0 atom stereocenters. The third-order valence-electron chi connectivity index (χ3n) is 4.07. The summed E-state index contributed by atoms with van der Waals surface area (Å²) in [5.74, 6) is -0.524.